The number of nitrogens with zero attached hydrogens (tertiary/aromatic N) is 1. The van der Waals surface area contributed by atoms with Crippen molar-refractivity contribution in [2.24, 2.45) is 0 Å². The Hall–Kier alpha value is -2.65. The van der Waals surface area contributed by atoms with Crippen LogP contribution < -0.4 is 0 Å². The Balaban J connectivity index is 1.82. The second-order valence-corrected chi connectivity index (χ2v) is 7.62. The van der Waals surface area contributed by atoms with Gasteiger partial charge in [-0.05, 0) is 62.2 Å². The normalized spacial score (nSPS) is 12.8. The maximum atomic E-state index is 7.76. The van der Waals surface area contributed by atoms with E-state index in [1.165, 1.54) is 9.58 Å². The molecule has 2 aromatic carbocycles. The summed E-state index contributed by atoms with van der Waals surface area (Å²) in [5.74, 6) is 0. The fourth-order valence-corrected chi connectivity index (χ4v) is 4.29. The number of hydrogen-bond donors (Lipinski definition) is 0. The van der Waals surface area contributed by atoms with Gasteiger partial charge in [-0.2, -0.15) is 0 Å². The molecular weight excluding hydrogens is 326 g/mol. The van der Waals surface area contributed by atoms with Crippen molar-refractivity contribution in [1.82, 2.24) is 4.98 Å². The molecule has 5 rings (SSSR count). The minimum Gasteiger partial charge on any atom is -0.455 e. The van der Waals surface area contributed by atoms with Gasteiger partial charge in [0.2, 0.25) is 0 Å². The number of aromatic nitrogens is 1. The lowest BCUT2D eigenvalue weighted by atomic mass is 10.0. The molecule has 3 heterocycles. The van der Waals surface area contributed by atoms with Crippen LogP contribution >= 0.6 is 11.3 Å². The molecular formula is C22H17NOS. The van der Waals surface area contributed by atoms with Crippen molar-refractivity contribution in [3.63, 3.8) is 0 Å². The van der Waals surface area contributed by atoms with Gasteiger partial charge in [0.15, 0.2) is 0 Å². The molecule has 3 heteroatoms. The average Bonchev–Trinajstić information content (AvgIpc) is 3.26. The Morgan fingerprint density at radius 2 is 1.84 bits per heavy atom. The summed E-state index contributed by atoms with van der Waals surface area (Å²) in [6.07, 6.45) is 1.72. The minimum atomic E-state index is 0.145. The number of fused-ring (bicyclic) bond motifs is 5. The van der Waals surface area contributed by atoms with Crippen LogP contribution in [0.5, 0.6) is 0 Å². The molecule has 0 atom stereocenters. The summed E-state index contributed by atoms with van der Waals surface area (Å²) < 4.78 is 23.0. The number of rotatable bonds is 1. The molecule has 0 fully saturated rings. The predicted molar refractivity (Wildman–Crippen MR) is 107 cm³/mol. The van der Waals surface area contributed by atoms with Crippen molar-refractivity contribution >= 4 is 43.4 Å². The molecule has 5 aromatic rings. The smallest absolute Gasteiger partial charge is 0.144 e. The van der Waals surface area contributed by atoms with Gasteiger partial charge >= 0.3 is 0 Å². The number of benzene rings is 2. The summed E-state index contributed by atoms with van der Waals surface area (Å²) in [5, 5.41) is 3.34. The molecule has 0 aliphatic heterocycles. The fraction of sp³-hybridized carbons (Fsp3) is 0.136. The molecule has 0 aliphatic rings. The molecule has 0 radical (unpaired) electrons. The third kappa shape index (κ3) is 2.12. The van der Waals surface area contributed by atoms with Gasteiger partial charge in [-0.1, -0.05) is 12.1 Å². The highest BCUT2D eigenvalue weighted by Crippen LogP contribution is 2.40. The van der Waals surface area contributed by atoms with Crippen molar-refractivity contribution in [2.75, 3.05) is 0 Å². The summed E-state index contributed by atoms with van der Waals surface area (Å²) in [6.45, 7) is 2.41. The molecule has 122 valence electrons. The number of aryl methyl sites for hydroxylation is 3. The summed E-state index contributed by atoms with van der Waals surface area (Å²) in [5.41, 5.74) is 5.11. The molecule has 0 amide bonds. The van der Waals surface area contributed by atoms with Gasteiger partial charge in [0, 0.05) is 40.2 Å². The standard InChI is InChI=1S/C22H17NOS/c1-12-9-19(23-11-13(12)2)17-6-4-5-15-16-7-8-20-18(10-14(3)25-20)22(16)24-21(15)17/h4-11H,1-3H3/i1D,2D. The average molecular weight is 345 g/mol. The maximum absolute atomic E-state index is 7.76. The Morgan fingerprint density at radius 1 is 0.960 bits per heavy atom. The predicted octanol–water partition coefficient (Wildman–Crippen LogP) is 6.79. The van der Waals surface area contributed by atoms with Crippen molar-refractivity contribution in [3.05, 3.63) is 64.7 Å². The van der Waals surface area contributed by atoms with Gasteiger partial charge in [0.1, 0.15) is 11.2 Å². The van der Waals surface area contributed by atoms with E-state index in [0.29, 0.717) is 0 Å². The summed E-state index contributed by atoms with van der Waals surface area (Å²) in [6, 6.07) is 14.5. The first-order valence-electron chi connectivity index (χ1n) is 9.52. The Labute approximate surface area is 152 Å². The number of para-hydroxylation sites is 1. The second kappa shape index (κ2) is 5.17. The molecule has 2 nitrogen and oxygen atoms in total. The van der Waals surface area contributed by atoms with E-state index in [2.05, 4.69) is 36.2 Å². The summed E-state index contributed by atoms with van der Waals surface area (Å²) in [4.78, 5) is 5.82. The maximum Gasteiger partial charge on any atom is 0.144 e. The lowest BCUT2D eigenvalue weighted by molar-refractivity contribution is 0.673. The molecule has 3 aromatic heterocycles. The van der Waals surface area contributed by atoms with Crippen LogP contribution in [0.4, 0.5) is 0 Å². The first-order valence-corrected chi connectivity index (χ1v) is 8.92. The van der Waals surface area contributed by atoms with Crippen molar-refractivity contribution in [3.8, 4) is 11.3 Å². The second-order valence-electron chi connectivity index (χ2n) is 6.33. The number of thiophene rings is 1. The molecule has 0 saturated carbocycles. The fourth-order valence-electron chi connectivity index (χ4n) is 3.37. The third-order valence-corrected chi connectivity index (χ3v) is 5.66. The van der Waals surface area contributed by atoms with Gasteiger partial charge in [0.05, 0.1) is 5.69 Å². The Bertz CT molecular complexity index is 1320. The molecule has 0 N–H and O–H groups in total. The molecule has 0 bridgehead atoms. The van der Waals surface area contributed by atoms with E-state index in [9.17, 15) is 0 Å². The largest absolute Gasteiger partial charge is 0.455 e. The monoisotopic (exact) mass is 345 g/mol. The highest BCUT2D eigenvalue weighted by molar-refractivity contribution is 7.19. The number of hydrogen-bond acceptors (Lipinski definition) is 3. The third-order valence-electron chi connectivity index (χ3n) is 4.64. The van der Waals surface area contributed by atoms with Crippen molar-refractivity contribution in [1.29, 1.82) is 0 Å². The zero-order valence-corrected chi connectivity index (χ0v) is 14.6. The first-order chi connectivity index (χ1) is 13.2. The minimum absolute atomic E-state index is 0.145. The van der Waals surface area contributed by atoms with E-state index in [1.807, 2.05) is 18.2 Å². The van der Waals surface area contributed by atoms with Crippen molar-refractivity contribution < 1.29 is 7.16 Å². The molecule has 0 unspecified atom stereocenters. The Kier molecular flexibility index (Phi) is 2.62. The SMILES string of the molecule is [2H]Cc1cnc(-c2cccc3c2oc2c4cc(C)sc4ccc32)cc1C[2H]. The molecule has 25 heavy (non-hydrogen) atoms. The Morgan fingerprint density at radius 3 is 2.72 bits per heavy atom. The van der Waals surface area contributed by atoms with Crippen LogP contribution in [0.25, 0.3) is 43.3 Å². The van der Waals surface area contributed by atoms with Crippen LogP contribution in [0.15, 0.2) is 53.1 Å². The topological polar surface area (TPSA) is 26.0 Å². The van der Waals surface area contributed by atoms with Crippen LogP contribution in [-0.2, 0) is 0 Å². The lowest BCUT2D eigenvalue weighted by Gasteiger charge is -2.05. The summed E-state index contributed by atoms with van der Waals surface area (Å²) in [7, 11) is 0. The zero-order valence-electron chi connectivity index (χ0n) is 15.8. The van der Waals surface area contributed by atoms with Crippen LogP contribution in [-0.4, -0.2) is 4.98 Å². The van der Waals surface area contributed by atoms with Crippen LogP contribution in [0.1, 0.15) is 18.7 Å². The van der Waals surface area contributed by atoms with E-state index in [0.717, 1.165) is 49.7 Å². The highest BCUT2D eigenvalue weighted by Gasteiger charge is 2.15. The van der Waals surface area contributed by atoms with Gasteiger partial charge in [-0.25, -0.2) is 0 Å². The highest BCUT2D eigenvalue weighted by atomic mass is 32.1. The van der Waals surface area contributed by atoms with E-state index < -0.39 is 0 Å². The number of pyridine rings is 1. The van der Waals surface area contributed by atoms with Gasteiger partial charge in [0.25, 0.3) is 0 Å². The van der Waals surface area contributed by atoms with E-state index in [1.54, 1.807) is 17.5 Å². The quantitative estimate of drug-likeness (QED) is 0.334. The van der Waals surface area contributed by atoms with E-state index in [-0.39, 0.29) is 13.8 Å². The lowest BCUT2D eigenvalue weighted by Crippen LogP contribution is -1.88. The van der Waals surface area contributed by atoms with Crippen LogP contribution in [0.3, 0.4) is 0 Å². The molecule has 0 spiro atoms. The molecule has 0 aliphatic carbocycles. The zero-order chi connectivity index (χ0) is 18.5. The first kappa shape index (κ1) is 12.7. The van der Waals surface area contributed by atoms with Crippen LogP contribution in [0, 0.1) is 20.7 Å². The van der Waals surface area contributed by atoms with Gasteiger partial charge in [-0.3, -0.25) is 4.98 Å². The molecule has 0 saturated heterocycles. The van der Waals surface area contributed by atoms with Crippen LogP contribution in [0.2, 0.25) is 0 Å². The number of furan rings is 1. The van der Waals surface area contributed by atoms with Gasteiger partial charge < -0.3 is 4.42 Å². The summed E-state index contributed by atoms with van der Waals surface area (Å²) >= 11 is 1.78. The van der Waals surface area contributed by atoms with E-state index in [4.69, 9.17) is 7.16 Å². The van der Waals surface area contributed by atoms with Gasteiger partial charge in [-0.15, -0.1) is 11.3 Å². The van der Waals surface area contributed by atoms with Crippen molar-refractivity contribution in [2.45, 2.75) is 20.7 Å². The van der Waals surface area contributed by atoms with E-state index >= 15 is 0 Å².